The second-order valence-corrected chi connectivity index (χ2v) is 24.4. The summed E-state index contributed by atoms with van der Waals surface area (Å²) in [7, 11) is 0. The summed E-state index contributed by atoms with van der Waals surface area (Å²) in [6.07, 6.45) is 10.9. The molecular weight excluding hydrogens is 931 g/mol. The van der Waals surface area contributed by atoms with E-state index < -0.39 is 0 Å². The van der Waals surface area contributed by atoms with Crippen LogP contribution in [0, 0.1) is 0 Å². The number of hydrogen-bond donors (Lipinski definition) is 1. The first kappa shape index (κ1) is 47.1. The van der Waals surface area contributed by atoms with Crippen LogP contribution in [0.3, 0.4) is 0 Å². The molecule has 0 amide bonds. The summed E-state index contributed by atoms with van der Waals surface area (Å²) in [5, 5.41) is 11.3. The smallest absolute Gasteiger partial charge is 0.0583 e. The Balaban J connectivity index is 0.000000175. The Morgan fingerprint density at radius 1 is 0.390 bits per heavy atom. The number of nitrogens with zero attached hydrogens (tertiary/aromatic N) is 2. The molecule has 3 heteroatoms. The number of rotatable bonds is 5. The maximum absolute atomic E-state index is 3.60. The van der Waals surface area contributed by atoms with E-state index in [0.29, 0.717) is 0 Å². The molecule has 77 heavy (non-hydrogen) atoms. The molecule has 10 aromatic carbocycles. The molecule has 0 spiro atoms. The third-order valence-electron chi connectivity index (χ3n) is 18.1. The van der Waals surface area contributed by atoms with Gasteiger partial charge in [0.1, 0.15) is 0 Å². The molecular formula is C74H65N3. The minimum atomic E-state index is -0.200. The lowest BCUT2D eigenvalue weighted by Crippen LogP contribution is -2.33. The summed E-state index contributed by atoms with van der Waals surface area (Å²) in [5.41, 5.74) is 23.6. The number of aromatic nitrogens is 1. The van der Waals surface area contributed by atoms with Gasteiger partial charge in [0, 0.05) is 55.5 Å². The second kappa shape index (κ2) is 17.1. The topological polar surface area (TPSA) is 20.2 Å². The minimum absolute atomic E-state index is 0.0950. The van der Waals surface area contributed by atoms with Crippen molar-refractivity contribution in [1.82, 2.24) is 4.57 Å². The molecule has 0 unspecified atom stereocenters. The van der Waals surface area contributed by atoms with Crippen LogP contribution in [0.5, 0.6) is 0 Å². The van der Waals surface area contributed by atoms with Crippen LogP contribution in [0.15, 0.2) is 218 Å². The van der Waals surface area contributed by atoms with E-state index in [1.807, 2.05) is 0 Å². The fourth-order valence-electron chi connectivity index (χ4n) is 13.9. The lowest BCUT2D eigenvalue weighted by molar-refractivity contribution is 0.530. The molecule has 0 saturated carbocycles. The highest BCUT2D eigenvalue weighted by Gasteiger charge is 2.44. The fraction of sp³-hybridized carbons (Fsp3) is 0.189. The standard InChI is InChI=1S/C49H40N2.C25H25N/c1-47(2)38-17-10-9-15-34(38)35-24-23-32(27-42(35)47)50(31-22-21-29-13-7-8-14-30(29)25-31)33-26-37-36-16-11-18-39-44(36)51-45(37)43(28-33)49(5,6)41-20-12-19-40(46(41)51)48(39,3)4;1-25(2)16-8-4-3-5-10-20-13-15-23(18-24(20)25)26-22-14-12-19-9-6-7-11-21(19)17-22/h7-28H,1-6H3;3-9,11-15,17-18,26H,10,16H2,1-2H3/b;5-3-,8-4-. The van der Waals surface area contributed by atoms with Gasteiger partial charge in [0.2, 0.25) is 0 Å². The Morgan fingerprint density at radius 2 is 0.948 bits per heavy atom. The Kier molecular flexibility index (Phi) is 10.4. The number of anilines is 5. The van der Waals surface area contributed by atoms with E-state index in [1.54, 1.807) is 0 Å². The van der Waals surface area contributed by atoms with Crippen LogP contribution in [0.1, 0.15) is 106 Å². The zero-order valence-electron chi connectivity index (χ0n) is 45.6. The van der Waals surface area contributed by atoms with Gasteiger partial charge >= 0.3 is 0 Å². The van der Waals surface area contributed by atoms with Crippen LogP contribution in [-0.4, -0.2) is 4.57 Å². The van der Waals surface area contributed by atoms with E-state index in [-0.39, 0.29) is 21.7 Å². The molecule has 3 nitrogen and oxygen atoms in total. The van der Waals surface area contributed by atoms with Crippen molar-refractivity contribution >= 4 is 71.8 Å². The van der Waals surface area contributed by atoms with Crippen LogP contribution in [0.4, 0.5) is 28.4 Å². The Labute approximate surface area is 453 Å². The average Bonchev–Trinajstić information content (AvgIpc) is 4.12. The van der Waals surface area contributed by atoms with Crippen LogP contribution < -0.4 is 10.2 Å². The Bertz CT molecular complexity index is 4320. The van der Waals surface area contributed by atoms with Crippen molar-refractivity contribution in [2.24, 2.45) is 0 Å². The molecule has 15 rings (SSSR count). The van der Waals surface area contributed by atoms with Crippen molar-refractivity contribution in [3.8, 4) is 16.8 Å². The average molecular weight is 996 g/mol. The maximum atomic E-state index is 3.60. The zero-order valence-corrected chi connectivity index (χ0v) is 45.6. The third kappa shape index (κ3) is 7.23. The molecule has 1 N–H and O–H groups in total. The summed E-state index contributed by atoms with van der Waals surface area (Å²) in [5.74, 6) is 0. The van der Waals surface area contributed by atoms with E-state index in [0.717, 1.165) is 24.2 Å². The quantitative estimate of drug-likeness (QED) is 0.185. The van der Waals surface area contributed by atoms with Crippen LogP contribution >= 0.6 is 0 Å². The molecule has 11 aromatic rings. The van der Waals surface area contributed by atoms with Crippen molar-refractivity contribution in [1.29, 1.82) is 0 Å². The van der Waals surface area contributed by atoms with Crippen molar-refractivity contribution in [2.45, 2.75) is 89.9 Å². The largest absolute Gasteiger partial charge is 0.356 e. The van der Waals surface area contributed by atoms with Gasteiger partial charge in [-0.1, -0.05) is 213 Å². The fourth-order valence-corrected chi connectivity index (χ4v) is 13.9. The van der Waals surface area contributed by atoms with Gasteiger partial charge in [-0.3, -0.25) is 0 Å². The first-order valence-corrected chi connectivity index (χ1v) is 27.7. The normalized spacial score (nSPS) is 17.1. The van der Waals surface area contributed by atoms with E-state index >= 15 is 0 Å². The third-order valence-corrected chi connectivity index (χ3v) is 18.1. The molecule has 2 aliphatic carbocycles. The highest BCUT2D eigenvalue weighted by Crippen LogP contribution is 2.57. The monoisotopic (exact) mass is 996 g/mol. The molecule has 4 aliphatic rings. The first-order chi connectivity index (χ1) is 37.2. The number of allylic oxidation sites excluding steroid dienone is 4. The van der Waals surface area contributed by atoms with Crippen molar-refractivity contribution in [2.75, 3.05) is 10.2 Å². The summed E-state index contributed by atoms with van der Waals surface area (Å²) in [6.45, 7) is 19.1. The van der Waals surface area contributed by atoms with Crippen LogP contribution in [0.2, 0.25) is 0 Å². The summed E-state index contributed by atoms with van der Waals surface area (Å²) in [6, 6.07) is 72.5. The number of fused-ring (bicyclic) bond motifs is 7. The molecule has 0 fully saturated rings. The number of benzene rings is 10. The lowest BCUT2D eigenvalue weighted by atomic mass is 9.68. The highest BCUT2D eigenvalue weighted by atomic mass is 15.1. The Hall–Kier alpha value is -8.40. The molecule has 0 bridgehead atoms. The molecule has 1 aromatic heterocycles. The summed E-state index contributed by atoms with van der Waals surface area (Å²) >= 11 is 0. The maximum Gasteiger partial charge on any atom is 0.0583 e. The molecule has 2 aliphatic heterocycles. The molecule has 3 heterocycles. The predicted octanol–water partition coefficient (Wildman–Crippen LogP) is 19.9. The van der Waals surface area contributed by atoms with Crippen molar-refractivity contribution in [3.05, 3.63) is 263 Å². The van der Waals surface area contributed by atoms with Gasteiger partial charge in [-0.2, -0.15) is 0 Å². The van der Waals surface area contributed by atoms with Crippen molar-refractivity contribution in [3.63, 3.8) is 0 Å². The molecule has 0 saturated heterocycles. The van der Waals surface area contributed by atoms with Gasteiger partial charge in [0.15, 0.2) is 0 Å². The van der Waals surface area contributed by atoms with Gasteiger partial charge in [0.25, 0.3) is 0 Å². The van der Waals surface area contributed by atoms with Gasteiger partial charge in [-0.05, 0) is 156 Å². The van der Waals surface area contributed by atoms with E-state index in [2.05, 4.69) is 289 Å². The number of hydrogen-bond acceptors (Lipinski definition) is 2. The first-order valence-electron chi connectivity index (χ1n) is 27.7. The molecule has 0 radical (unpaired) electrons. The van der Waals surface area contributed by atoms with Gasteiger partial charge in [-0.15, -0.1) is 0 Å². The van der Waals surface area contributed by atoms with Gasteiger partial charge in [-0.25, -0.2) is 0 Å². The van der Waals surface area contributed by atoms with Gasteiger partial charge < -0.3 is 14.8 Å². The van der Waals surface area contributed by atoms with E-state index in [9.17, 15) is 0 Å². The highest BCUT2D eigenvalue weighted by molar-refractivity contribution is 6.15. The van der Waals surface area contributed by atoms with Gasteiger partial charge in [0.05, 0.1) is 16.7 Å². The van der Waals surface area contributed by atoms with E-state index in [4.69, 9.17) is 0 Å². The van der Waals surface area contributed by atoms with Crippen LogP contribution in [0.25, 0.3) is 60.2 Å². The predicted molar refractivity (Wildman–Crippen MR) is 328 cm³/mol. The number of nitrogens with one attached hydrogen (secondary N) is 1. The SMILES string of the molecule is CC1(C)C/C=C\C=C/Cc2ccc(Nc3ccc4ccccc4c3)cc21.CC1(C)c2ccccc2-c2ccc(N(c3ccc4ccccc4c3)c3cc4c5c(c3)c3cccc6c3n5-c3c(cccc3C4(C)C)C6(C)C)cc21. The van der Waals surface area contributed by atoms with E-state index in [1.165, 1.54) is 122 Å². The minimum Gasteiger partial charge on any atom is -0.356 e. The Morgan fingerprint density at radius 3 is 1.74 bits per heavy atom. The molecule has 0 atom stereocenters. The lowest BCUT2D eigenvalue weighted by Gasteiger charge is -2.42. The number of para-hydroxylation sites is 2. The molecule has 376 valence electrons. The second-order valence-electron chi connectivity index (χ2n) is 24.4. The summed E-state index contributed by atoms with van der Waals surface area (Å²) < 4.78 is 2.62. The van der Waals surface area contributed by atoms with Crippen LogP contribution in [-0.2, 0) is 28.1 Å². The summed E-state index contributed by atoms with van der Waals surface area (Å²) in [4.78, 5) is 2.51. The zero-order chi connectivity index (χ0) is 52.6. The van der Waals surface area contributed by atoms with Crippen molar-refractivity contribution < 1.29 is 0 Å².